The maximum atomic E-state index is 13.4. The van der Waals surface area contributed by atoms with E-state index in [0.717, 1.165) is 11.1 Å². The molecule has 5 aromatic rings. The van der Waals surface area contributed by atoms with Crippen LogP contribution in [0.3, 0.4) is 0 Å². The van der Waals surface area contributed by atoms with Gasteiger partial charge in [-0.3, -0.25) is 4.79 Å². The largest absolute Gasteiger partial charge is 0.480 e. The van der Waals surface area contributed by atoms with Gasteiger partial charge in [-0.05, 0) is 47.0 Å². The number of rotatable bonds is 8. The summed E-state index contributed by atoms with van der Waals surface area (Å²) in [5, 5.41) is 13.1. The number of carboxylic acids is 1. The van der Waals surface area contributed by atoms with Crippen LogP contribution in [-0.2, 0) is 11.2 Å². The molecule has 0 saturated carbocycles. The Labute approximate surface area is 244 Å². The maximum Gasteiger partial charge on any atom is 0.326 e. The fraction of sp³-hybridized carbons (Fsp3) is 0.0667. The topological polar surface area (TPSA) is 105 Å². The van der Waals surface area contributed by atoms with E-state index >= 15 is 0 Å². The van der Waals surface area contributed by atoms with Crippen LogP contribution < -0.4 is 5.32 Å². The van der Waals surface area contributed by atoms with Crippen LogP contribution in [0.2, 0.25) is 15.2 Å². The zero-order valence-electron chi connectivity index (χ0n) is 20.6. The van der Waals surface area contributed by atoms with E-state index in [1.54, 1.807) is 24.3 Å². The number of oxazole rings is 1. The van der Waals surface area contributed by atoms with E-state index in [2.05, 4.69) is 15.3 Å². The minimum Gasteiger partial charge on any atom is -0.480 e. The molecule has 7 nitrogen and oxygen atoms in total. The molecule has 2 N–H and O–H groups in total. The predicted octanol–water partition coefficient (Wildman–Crippen LogP) is 7.46. The Morgan fingerprint density at radius 2 is 1.50 bits per heavy atom. The van der Waals surface area contributed by atoms with Gasteiger partial charge in [0.1, 0.15) is 11.2 Å². The number of pyridine rings is 1. The first kappa shape index (κ1) is 27.4. The van der Waals surface area contributed by atoms with E-state index in [0.29, 0.717) is 21.7 Å². The molecule has 0 saturated heterocycles. The summed E-state index contributed by atoms with van der Waals surface area (Å²) >= 11 is 18.1. The smallest absolute Gasteiger partial charge is 0.326 e. The molecule has 10 heteroatoms. The molecular weight excluding hydrogens is 573 g/mol. The van der Waals surface area contributed by atoms with E-state index in [9.17, 15) is 14.7 Å². The molecule has 1 unspecified atom stereocenters. The highest BCUT2D eigenvalue weighted by molar-refractivity contribution is 6.41. The molecule has 3 aromatic carbocycles. The zero-order valence-corrected chi connectivity index (χ0v) is 22.9. The minimum atomic E-state index is -1.24. The van der Waals surface area contributed by atoms with Crippen molar-refractivity contribution in [1.82, 2.24) is 15.3 Å². The highest BCUT2D eigenvalue weighted by Gasteiger charge is 2.28. The molecule has 0 radical (unpaired) electrons. The van der Waals surface area contributed by atoms with E-state index in [4.69, 9.17) is 39.2 Å². The third-order valence-electron chi connectivity index (χ3n) is 6.10. The number of halogens is 3. The number of hydrogen-bond acceptors (Lipinski definition) is 5. The lowest BCUT2D eigenvalue weighted by molar-refractivity contribution is -0.139. The summed E-state index contributed by atoms with van der Waals surface area (Å²) in [6, 6.07) is 24.3. The standard InChI is InChI=1S/C30H20Cl3N3O4/c31-22-12-6-17(7-13-22)14-24(30(38)39)35-28(37)25-26(21-15-23(32)27(33)34-16-21)40-29(36-25)20-10-8-19(9-11-20)18-4-2-1-3-5-18/h1-13,15-16,24H,14H2,(H,35,37)(H,38,39). The summed E-state index contributed by atoms with van der Waals surface area (Å²) in [7, 11) is 0. The normalized spacial score (nSPS) is 11.7. The summed E-state index contributed by atoms with van der Waals surface area (Å²) in [4.78, 5) is 34.0. The average Bonchev–Trinajstić information content (AvgIpc) is 3.41. The van der Waals surface area contributed by atoms with Crippen molar-refractivity contribution in [3.63, 3.8) is 0 Å². The van der Waals surface area contributed by atoms with Crippen molar-refractivity contribution >= 4 is 46.7 Å². The number of carbonyl (C=O) groups excluding carboxylic acids is 1. The molecule has 1 amide bonds. The number of carbonyl (C=O) groups is 2. The molecule has 2 heterocycles. The van der Waals surface area contributed by atoms with Gasteiger partial charge in [-0.25, -0.2) is 14.8 Å². The molecule has 40 heavy (non-hydrogen) atoms. The summed E-state index contributed by atoms with van der Waals surface area (Å²) < 4.78 is 6.05. The van der Waals surface area contributed by atoms with Crippen molar-refractivity contribution in [2.75, 3.05) is 0 Å². The zero-order chi connectivity index (χ0) is 28.2. The van der Waals surface area contributed by atoms with Gasteiger partial charge >= 0.3 is 5.97 Å². The van der Waals surface area contributed by atoms with Gasteiger partial charge in [0.25, 0.3) is 5.91 Å². The second kappa shape index (κ2) is 11.9. The first-order valence-electron chi connectivity index (χ1n) is 12.0. The molecule has 0 fully saturated rings. The Bertz CT molecular complexity index is 1670. The molecule has 5 rings (SSSR count). The monoisotopic (exact) mass is 591 g/mol. The number of hydrogen-bond donors (Lipinski definition) is 2. The summed E-state index contributed by atoms with van der Waals surface area (Å²) in [5.74, 6) is -1.71. The van der Waals surface area contributed by atoms with Crippen LogP contribution in [0.1, 0.15) is 16.1 Å². The van der Waals surface area contributed by atoms with Crippen LogP contribution in [0.5, 0.6) is 0 Å². The van der Waals surface area contributed by atoms with Crippen molar-refractivity contribution in [2.24, 2.45) is 0 Å². The number of aromatic nitrogens is 2. The fourth-order valence-corrected chi connectivity index (χ4v) is 4.45. The summed E-state index contributed by atoms with van der Waals surface area (Å²) in [6.07, 6.45) is 1.43. The quantitative estimate of drug-likeness (QED) is 0.181. The minimum absolute atomic E-state index is 0.0353. The number of nitrogens with one attached hydrogen (secondary N) is 1. The fourth-order valence-electron chi connectivity index (χ4n) is 4.06. The van der Waals surface area contributed by atoms with Crippen molar-refractivity contribution in [3.8, 4) is 33.9 Å². The Morgan fingerprint density at radius 1 is 0.850 bits per heavy atom. The Hall–Kier alpha value is -4.17. The average molecular weight is 593 g/mol. The van der Waals surface area contributed by atoms with Crippen molar-refractivity contribution in [2.45, 2.75) is 12.5 Å². The molecule has 0 aliphatic rings. The molecule has 1 atom stereocenters. The number of carboxylic acid groups (broad SMARTS) is 1. The predicted molar refractivity (Wildman–Crippen MR) is 155 cm³/mol. The molecule has 0 bridgehead atoms. The van der Waals surface area contributed by atoms with E-state index in [1.807, 2.05) is 54.6 Å². The van der Waals surface area contributed by atoms with Gasteiger partial charge in [0, 0.05) is 28.8 Å². The third-order valence-corrected chi connectivity index (χ3v) is 7.03. The summed E-state index contributed by atoms with van der Waals surface area (Å²) in [6.45, 7) is 0. The SMILES string of the molecule is O=C(NC(Cc1ccc(Cl)cc1)C(=O)O)c1nc(-c2ccc(-c3ccccc3)cc2)oc1-c1cnc(Cl)c(Cl)c1. The molecule has 200 valence electrons. The number of nitrogens with zero attached hydrogens (tertiary/aromatic N) is 2. The Balaban J connectivity index is 1.49. The molecular formula is C30H20Cl3N3O4. The maximum absolute atomic E-state index is 13.4. The highest BCUT2D eigenvalue weighted by Crippen LogP contribution is 2.33. The molecule has 0 spiro atoms. The Kier molecular flexibility index (Phi) is 8.16. The van der Waals surface area contributed by atoms with Gasteiger partial charge in [0.2, 0.25) is 5.89 Å². The summed E-state index contributed by atoms with van der Waals surface area (Å²) in [5.41, 5.74) is 3.57. The van der Waals surface area contributed by atoms with Crippen LogP contribution in [0.25, 0.3) is 33.9 Å². The number of benzene rings is 3. The second-order valence-corrected chi connectivity index (χ2v) is 10.0. The van der Waals surface area contributed by atoms with Gasteiger partial charge in [-0.1, -0.05) is 89.4 Å². The number of aliphatic carboxylic acids is 1. The van der Waals surface area contributed by atoms with E-state index in [1.165, 1.54) is 12.3 Å². The van der Waals surface area contributed by atoms with Crippen molar-refractivity contribution in [3.05, 3.63) is 118 Å². The van der Waals surface area contributed by atoms with Crippen molar-refractivity contribution in [1.29, 1.82) is 0 Å². The molecule has 0 aliphatic carbocycles. The Morgan fingerprint density at radius 3 is 2.15 bits per heavy atom. The highest BCUT2D eigenvalue weighted by atomic mass is 35.5. The third kappa shape index (κ3) is 6.18. The van der Waals surface area contributed by atoms with E-state index < -0.39 is 17.9 Å². The molecule has 0 aliphatic heterocycles. The lowest BCUT2D eigenvalue weighted by atomic mass is 10.0. The van der Waals surface area contributed by atoms with Crippen LogP contribution >= 0.6 is 34.8 Å². The van der Waals surface area contributed by atoms with Crippen LogP contribution in [-0.4, -0.2) is 33.0 Å². The van der Waals surface area contributed by atoms with E-state index in [-0.39, 0.29) is 33.9 Å². The van der Waals surface area contributed by atoms with Crippen LogP contribution in [0.15, 0.2) is 95.5 Å². The molecule has 2 aromatic heterocycles. The lowest BCUT2D eigenvalue weighted by Gasteiger charge is -2.14. The first-order chi connectivity index (χ1) is 19.3. The lowest BCUT2D eigenvalue weighted by Crippen LogP contribution is -2.42. The van der Waals surface area contributed by atoms with Gasteiger partial charge in [-0.2, -0.15) is 0 Å². The van der Waals surface area contributed by atoms with Gasteiger partial charge < -0.3 is 14.8 Å². The van der Waals surface area contributed by atoms with Crippen LogP contribution in [0, 0.1) is 0 Å². The van der Waals surface area contributed by atoms with Crippen molar-refractivity contribution < 1.29 is 19.1 Å². The van der Waals surface area contributed by atoms with Gasteiger partial charge in [0.05, 0.1) is 5.02 Å². The second-order valence-electron chi connectivity index (χ2n) is 8.83. The number of amides is 1. The van der Waals surface area contributed by atoms with Gasteiger partial charge in [-0.15, -0.1) is 0 Å². The van der Waals surface area contributed by atoms with Gasteiger partial charge in [0.15, 0.2) is 11.5 Å². The van der Waals surface area contributed by atoms with Crippen LogP contribution in [0.4, 0.5) is 0 Å². The first-order valence-corrected chi connectivity index (χ1v) is 13.2.